The summed E-state index contributed by atoms with van der Waals surface area (Å²) in [5, 5.41) is 6.17. The Morgan fingerprint density at radius 1 is 1.17 bits per heavy atom. The molecule has 1 amide bonds. The van der Waals surface area contributed by atoms with Crippen molar-refractivity contribution in [3.63, 3.8) is 0 Å². The second-order valence-corrected chi connectivity index (χ2v) is 8.73. The van der Waals surface area contributed by atoms with Crippen LogP contribution in [0, 0.1) is 11.2 Å². The average molecular weight is 407 g/mol. The SMILES string of the molecule is CNC(=O)CN1c2ccccc2NC2=C(C(=O)CC(C)(C)C2)[C@H]1c1ccc(F)cc1. The van der Waals surface area contributed by atoms with Crippen LogP contribution in [-0.4, -0.2) is 25.3 Å². The van der Waals surface area contributed by atoms with E-state index in [0.29, 0.717) is 18.4 Å². The monoisotopic (exact) mass is 407 g/mol. The predicted octanol–water partition coefficient (Wildman–Crippen LogP) is 4.19. The Morgan fingerprint density at radius 2 is 1.87 bits per heavy atom. The third kappa shape index (κ3) is 3.70. The van der Waals surface area contributed by atoms with Crippen LogP contribution in [0.25, 0.3) is 0 Å². The van der Waals surface area contributed by atoms with Gasteiger partial charge in [0, 0.05) is 24.7 Å². The number of likely N-dealkylation sites (N-methyl/N-ethyl adjacent to an activating group) is 1. The first-order chi connectivity index (χ1) is 14.3. The van der Waals surface area contributed by atoms with Crippen LogP contribution in [0.2, 0.25) is 0 Å². The molecular weight excluding hydrogens is 381 g/mol. The molecule has 2 aromatic rings. The number of allylic oxidation sites excluding steroid dienone is 1. The molecule has 2 aliphatic rings. The molecule has 0 saturated carbocycles. The molecule has 0 radical (unpaired) electrons. The number of Topliss-reactive ketones (excluding diaryl/α,β-unsaturated/α-hetero) is 1. The molecule has 1 heterocycles. The molecule has 1 atom stereocenters. The van der Waals surface area contributed by atoms with Gasteiger partial charge >= 0.3 is 0 Å². The molecule has 0 aromatic heterocycles. The molecule has 1 aliphatic carbocycles. The molecule has 2 aromatic carbocycles. The summed E-state index contributed by atoms with van der Waals surface area (Å²) in [6.45, 7) is 4.25. The van der Waals surface area contributed by atoms with Crippen molar-refractivity contribution in [1.29, 1.82) is 0 Å². The first kappa shape index (κ1) is 20.1. The van der Waals surface area contributed by atoms with Gasteiger partial charge in [0.25, 0.3) is 0 Å². The third-order valence-corrected chi connectivity index (χ3v) is 5.78. The number of hydrogen-bond donors (Lipinski definition) is 2. The van der Waals surface area contributed by atoms with Gasteiger partial charge in [0.1, 0.15) is 5.82 Å². The number of fused-ring (bicyclic) bond motifs is 1. The Bertz CT molecular complexity index is 1030. The minimum Gasteiger partial charge on any atom is -0.358 e. The lowest BCUT2D eigenvalue weighted by atomic mass is 9.73. The molecule has 2 N–H and O–H groups in total. The van der Waals surface area contributed by atoms with Crippen LogP contribution in [0.1, 0.15) is 38.3 Å². The molecule has 156 valence electrons. The van der Waals surface area contributed by atoms with Crippen molar-refractivity contribution < 1.29 is 14.0 Å². The van der Waals surface area contributed by atoms with Gasteiger partial charge in [-0.05, 0) is 41.7 Å². The molecule has 30 heavy (non-hydrogen) atoms. The molecular formula is C24H26FN3O2. The summed E-state index contributed by atoms with van der Waals surface area (Å²) in [4.78, 5) is 27.8. The number of nitrogens with zero attached hydrogens (tertiary/aromatic N) is 1. The zero-order valence-corrected chi connectivity index (χ0v) is 17.5. The van der Waals surface area contributed by atoms with E-state index >= 15 is 0 Å². The Balaban J connectivity index is 1.96. The number of para-hydroxylation sites is 2. The summed E-state index contributed by atoms with van der Waals surface area (Å²) >= 11 is 0. The lowest BCUT2D eigenvalue weighted by Crippen LogP contribution is -2.41. The summed E-state index contributed by atoms with van der Waals surface area (Å²) in [7, 11) is 1.59. The van der Waals surface area contributed by atoms with Gasteiger partial charge in [-0.2, -0.15) is 0 Å². The summed E-state index contributed by atoms with van der Waals surface area (Å²) in [5.41, 5.74) is 3.82. The first-order valence-electron chi connectivity index (χ1n) is 10.1. The zero-order chi connectivity index (χ0) is 21.5. The van der Waals surface area contributed by atoms with Crippen LogP contribution in [-0.2, 0) is 9.59 Å². The average Bonchev–Trinajstić information content (AvgIpc) is 2.82. The lowest BCUT2D eigenvalue weighted by molar-refractivity contribution is -0.120. The zero-order valence-electron chi connectivity index (χ0n) is 17.5. The fraction of sp³-hybridized carbons (Fsp3) is 0.333. The van der Waals surface area contributed by atoms with E-state index in [-0.39, 0.29) is 29.5 Å². The number of benzene rings is 2. The van der Waals surface area contributed by atoms with Crippen LogP contribution in [0.3, 0.4) is 0 Å². The molecule has 0 bridgehead atoms. The Kier molecular flexibility index (Phi) is 5.10. The largest absolute Gasteiger partial charge is 0.358 e. The maximum atomic E-state index is 13.7. The van der Waals surface area contributed by atoms with E-state index in [0.717, 1.165) is 22.6 Å². The number of amides is 1. The maximum Gasteiger partial charge on any atom is 0.239 e. The number of anilines is 2. The third-order valence-electron chi connectivity index (χ3n) is 5.78. The fourth-order valence-electron chi connectivity index (χ4n) is 4.45. The highest BCUT2D eigenvalue weighted by Gasteiger charge is 2.41. The topological polar surface area (TPSA) is 61.4 Å². The molecule has 0 spiro atoms. The van der Waals surface area contributed by atoms with Gasteiger partial charge in [0.15, 0.2) is 5.78 Å². The molecule has 0 unspecified atom stereocenters. The standard InChI is InChI=1S/C24H26FN3O2/c1-24(2)12-18-22(20(29)13-24)23(15-8-10-16(25)11-9-15)28(14-21(30)26-3)19-7-5-4-6-17(19)27-18/h4-11,23,27H,12-14H2,1-3H3,(H,26,30)/t23-/m1/s1. The van der Waals surface area contributed by atoms with E-state index in [2.05, 4.69) is 24.5 Å². The molecule has 0 fully saturated rings. The summed E-state index contributed by atoms with van der Waals surface area (Å²) in [5.74, 6) is -0.448. The predicted molar refractivity (Wildman–Crippen MR) is 116 cm³/mol. The van der Waals surface area contributed by atoms with E-state index in [1.807, 2.05) is 29.2 Å². The number of ketones is 1. The highest BCUT2D eigenvalue weighted by Crippen LogP contribution is 2.48. The van der Waals surface area contributed by atoms with E-state index in [4.69, 9.17) is 0 Å². The number of carbonyl (C=O) groups excluding carboxylic acids is 2. The van der Waals surface area contributed by atoms with E-state index in [1.54, 1.807) is 19.2 Å². The Morgan fingerprint density at radius 3 is 2.57 bits per heavy atom. The maximum absolute atomic E-state index is 13.7. The number of halogens is 1. The van der Waals surface area contributed by atoms with Gasteiger partial charge in [-0.25, -0.2) is 4.39 Å². The quantitative estimate of drug-likeness (QED) is 0.801. The number of nitrogens with one attached hydrogen (secondary N) is 2. The minimum absolute atomic E-state index is 0.0535. The smallest absolute Gasteiger partial charge is 0.239 e. The fourth-order valence-corrected chi connectivity index (χ4v) is 4.45. The minimum atomic E-state index is -0.488. The number of carbonyl (C=O) groups is 2. The summed E-state index contributed by atoms with van der Waals surface area (Å²) < 4.78 is 13.7. The summed E-state index contributed by atoms with van der Waals surface area (Å²) in [6, 6.07) is 13.4. The molecule has 4 rings (SSSR count). The van der Waals surface area contributed by atoms with Gasteiger partial charge in [-0.15, -0.1) is 0 Å². The van der Waals surface area contributed by atoms with Crippen molar-refractivity contribution >= 4 is 23.1 Å². The van der Waals surface area contributed by atoms with Crippen LogP contribution in [0.4, 0.5) is 15.8 Å². The molecule has 5 nitrogen and oxygen atoms in total. The second-order valence-electron chi connectivity index (χ2n) is 8.73. The van der Waals surface area contributed by atoms with Crippen molar-refractivity contribution in [1.82, 2.24) is 5.32 Å². The van der Waals surface area contributed by atoms with Gasteiger partial charge in [0.05, 0.1) is 24.0 Å². The van der Waals surface area contributed by atoms with Crippen molar-refractivity contribution in [2.75, 3.05) is 23.8 Å². The second kappa shape index (κ2) is 7.59. The van der Waals surface area contributed by atoms with Crippen LogP contribution in [0.5, 0.6) is 0 Å². The lowest BCUT2D eigenvalue weighted by Gasteiger charge is -2.37. The van der Waals surface area contributed by atoms with Crippen molar-refractivity contribution in [3.8, 4) is 0 Å². The van der Waals surface area contributed by atoms with Crippen LogP contribution >= 0.6 is 0 Å². The van der Waals surface area contributed by atoms with Crippen LogP contribution < -0.4 is 15.5 Å². The first-order valence-corrected chi connectivity index (χ1v) is 10.1. The van der Waals surface area contributed by atoms with E-state index < -0.39 is 6.04 Å². The highest BCUT2D eigenvalue weighted by molar-refractivity contribution is 6.01. The molecule has 0 saturated heterocycles. The summed E-state index contributed by atoms with van der Waals surface area (Å²) in [6.07, 6.45) is 1.14. The van der Waals surface area contributed by atoms with E-state index in [1.165, 1.54) is 12.1 Å². The van der Waals surface area contributed by atoms with E-state index in [9.17, 15) is 14.0 Å². The normalized spacial score (nSPS) is 20.1. The highest BCUT2D eigenvalue weighted by atomic mass is 19.1. The van der Waals surface area contributed by atoms with Gasteiger partial charge in [-0.3, -0.25) is 9.59 Å². The van der Waals surface area contributed by atoms with Gasteiger partial charge in [0.2, 0.25) is 5.91 Å². The number of rotatable bonds is 3. The van der Waals surface area contributed by atoms with Crippen molar-refractivity contribution in [2.45, 2.75) is 32.7 Å². The molecule has 1 aliphatic heterocycles. The van der Waals surface area contributed by atoms with Gasteiger partial charge in [-0.1, -0.05) is 38.1 Å². The van der Waals surface area contributed by atoms with Crippen LogP contribution in [0.15, 0.2) is 59.8 Å². The van der Waals surface area contributed by atoms with Crippen molar-refractivity contribution in [3.05, 3.63) is 71.2 Å². The molecule has 6 heteroatoms. The van der Waals surface area contributed by atoms with Gasteiger partial charge < -0.3 is 15.5 Å². The Labute approximate surface area is 176 Å². The number of hydrogen-bond acceptors (Lipinski definition) is 4. The Hall–Kier alpha value is -3.15. The van der Waals surface area contributed by atoms with Crippen molar-refractivity contribution in [2.24, 2.45) is 5.41 Å².